The number of carbonyl (C=O) groups is 1. The van der Waals surface area contributed by atoms with Crippen LogP contribution in [0.15, 0.2) is 18.2 Å². The lowest BCUT2D eigenvalue weighted by Crippen LogP contribution is -2.04. The zero-order valence-electron chi connectivity index (χ0n) is 9.24. The first kappa shape index (κ1) is 15.0. The second kappa shape index (κ2) is 7.43. The predicted molar refractivity (Wildman–Crippen MR) is 66.5 cm³/mol. The SMILES string of the molecule is O=C(O)CCSCc1cc(Cl)ccc1OC(F)F. The summed E-state index contributed by atoms with van der Waals surface area (Å²) < 4.78 is 28.7. The van der Waals surface area contributed by atoms with Gasteiger partial charge in [-0.1, -0.05) is 11.6 Å². The van der Waals surface area contributed by atoms with Gasteiger partial charge >= 0.3 is 12.6 Å². The number of carboxylic acid groups (broad SMARTS) is 1. The first-order valence-corrected chi connectivity index (χ1v) is 6.55. The number of carboxylic acids is 1. The van der Waals surface area contributed by atoms with Crippen molar-refractivity contribution in [2.75, 3.05) is 5.75 Å². The Morgan fingerprint density at radius 3 is 2.83 bits per heavy atom. The van der Waals surface area contributed by atoms with E-state index in [0.29, 0.717) is 22.1 Å². The molecule has 0 bridgehead atoms. The van der Waals surface area contributed by atoms with Crippen molar-refractivity contribution in [3.05, 3.63) is 28.8 Å². The van der Waals surface area contributed by atoms with Crippen molar-refractivity contribution in [2.45, 2.75) is 18.8 Å². The first-order chi connectivity index (χ1) is 8.49. The summed E-state index contributed by atoms with van der Waals surface area (Å²) in [5, 5.41) is 8.89. The Bertz CT molecular complexity index is 415. The predicted octanol–water partition coefficient (Wildman–Crippen LogP) is 3.65. The van der Waals surface area contributed by atoms with Crippen LogP contribution in [0.1, 0.15) is 12.0 Å². The average Bonchev–Trinajstić information content (AvgIpc) is 2.27. The van der Waals surface area contributed by atoms with Gasteiger partial charge in [-0.2, -0.15) is 20.5 Å². The smallest absolute Gasteiger partial charge is 0.387 e. The Kier molecular flexibility index (Phi) is 6.21. The van der Waals surface area contributed by atoms with E-state index in [4.69, 9.17) is 16.7 Å². The molecule has 0 saturated carbocycles. The molecule has 0 amide bonds. The Balaban J connectivity index is 2.61. The highest BCUT2D eigenvalue weighted by Crippen LogP contribution is 2.28. The van der Waals surface area contributed by atoms with Gasteiger partial charge in [0.25, 0.3) is 0 Å². The fourth-order valence-corrected chi connectivity index (χ4v) is 2.32. The van der Waals surface area contributed by atoms with Crippen molar-refractivity contribution < 1.29 is 23.4 Å². The van der Waals surface area contributed by atoms with Crippen LogP contribution in [0.2, 0.25) is 5.02 Å². The molecule has 0 aliphatic heterocycles. The van der Waals surface area contributed by atoms with E-state index in [-0.39, 0.29) is 12.2 Å². The molecule has 100 valence electrons. The molecule has 0 fully saturated rings. The van der Waals surface area contributed by atoms with Gasteiger partial charge in [0.1, 0.15) is 5.75 Å². The molecule has 0 aromatic heterocycles. The third-order valence-electron chi connectivity index (χ3n) is 1.96. The van der Waals surface area contributed by atoms with E-state index in [1.807, 2.05) is 0 Å². The van der Waals surface area contributed by atoms with Crippen LogP contribution in [-0.2, 0) is 10.5 Å². The topological polar surface area (TPSA) is 46.5 Å². The molecule has 1 aromatic carbocycles. The lowest BCUT2D eigenvalue weighted by molar-refractivity contribution is -0.136. The van der Waals surface area contributed by atoms with E-state index < -0.39 is 12.6 Å². The lowest BCUT2D eigenvalue weighted by Gasteiger charge is -2.10. The molecule has 0 aliphatic carbocycles. The molecule has 0 heterocycles. The van der Waals surface area contributed by atoms with E-state index in [9.17, 15) is 13.6 Å². The van der Waals surface area contributed by atoms with E-state index in [0.717, 1.165) is 0 Å². The summed E-state index contributed by atoms with van der Waals surface area (Å²) in [6.45, 7) is -2.89. The quantitative estimate of drug-likeness (QED) is 0.780. The van der Waals surface area contributed by atoms with Crippen molar-refractivity contribution in [1.29, 1.82) is 0 Å². The zero-order chi connectivity index (χ0) is 13.5. The van der Waals surface area contributed by atoms with E-state index in [2.05, 4.69) is 4.74 Å². The van der Waals surface area contributed by atoms with Crippen molar-refractivity contribution in [1.82, 2.24) is 0 Å². The molecule has 18 heavy (non-hydrogen) atoms. The van der Waals surface area contributed by atoms with E-state index in [1.165, 1.54) is 30.0 Å². The number of halogens is 3. The summed E-state index contributed by atoms with van der Waals surface area (Å²) in [5.41, 5.74) is 0.526. The maximum atomic E-state index is 12.2. The number of alkyl halides is 2. The normalized spacial score (nSPS) is 10.7. The minimum atomic E-state index is -2.89. The van der Waals surface area contributed by atoms with Gasteiger partial charge in [-0.15, -0.1) is 0 Å². The van der Waals surface area contributed by atoms with Crippen LogP contribution >= 0.6 is 23.4 Å². The number of rotatable bonds is 7. The van der Waals surface area contributed by atoms with Crippen LogP contribution in [0.4, 0.5) is 8.78 Å². The van der Waals surface area contributed by atoms with Gasteiger partial charge in [0, 0.05) is 22.1 Å². The highest BCUT2D eigenvalue weighted by atomic mass is 35.5. The van der Waals surface area contributed by atoms with Crippen LogP contribution in [0.3, 0.4) is 0 Å². The Hall–Kier alpha value is -1.01. The van der Waals surface area contributed by atoms with Crippen molar-refractivity contribution in [2.24, 2.45) is 0 Å². The molecule has 0 unspecified atom stereocenters. The summed E-state index contributed by atoms with van der Waals surface area (Å²) in [6.07, 6.45) is 0.0241. The Morgan fingerprint density at radius 1 is 1.50 bits per heavy atom. The highest BCUT2D eigenvalue weighted by molar-refractivity contribution is 7.98. The summed E-state index contributed by atoms with van der Waals surface area (Å²) >= 11 is 7.09. The number of ether oxygens (including phenoxy) is 1. The van der Waals surface area contributed by atoms with Crippen LogP contribution < -0.4 is 4.74 Å². The molecule has 0 atom stereocenters. The number of thioether (sulfide) groups is 1. The van der Waals surface area contributed by atoms with Crippen LogP contribution in [0.5, 0.6) is 5.75 Å². The summed E-state index contributed by atoms with van der Waals surface area (Å²) in [6, 6.07) is 4.37. The van der Waals surface area contributed by atoms with Gasteiger partial charge in [0.15, 0.2) is 0 Å². The standard InChI is InChI=1S/C11H11ClF2O3S/c12-8-1-2-9(17-11(13)14)7(5-8)6-18-4-3-10(15)16/h1-2,5,11H,3-4,6H2,(H,15,16). The summed E-state index contributed by atoms with van der Waals surface area (Å²) in [5.74, 6) is -0.0545. The minimum Gasteiger partial charge on any atom is -0.481 e. The fraction of sp³-hybridized carbons (Fsp3) is 0.364. The van der Waals surface area contributed by atoms with Gasteiger partial charge < -0.3 is 9.84 Å². The molecule has 3 nitrogen and oxygen atoms in total. The van der Waals surface area contributed by atoms with Crippen molar-refractivity contribution in [3.8, 4) is 5.75 Å². The Labute approximate surface area is 112 Å². The minimum absolute atomic E-state index is 0.0241. The molecule has 0 aliphatic rings. The zero-order valence-corrected chi connectivity index (χ0v) is 10.8. The third-order valence-corrected chi connectivity index (χ3v) is 3.20. The molecule has 0 saturated heterocycles. The molecular formula is C11H11ClF2O3S. The van der Waals surface area contributed by atoms with Crippen molar-refractivity contribution in [3.63, 3.8) is 0 Å². The van der Waals surface area contributed by atoms with E-state index >= 15 is 0 Å². The van der Waals surface area contributed by atoms with Gasteiger partial charge in [-0.05, 0) is 18.2 Å². The average molecular weight is 297 g/mol. The maximum absolute atomic E-state index is 12.2. The van der Waals surface area contributed by atoms with Gasteiger partial charge in [-0.3, -0.25) is 4.79 Å². The number of aliphatic carboxylic acids is 1. The fourth-order valence-electron chi connectivity index (χ4n) is 1.21. The molecule has 0 radical (unpaired) electrons. The number of hydrogen-bond acceptors (Lipinski definition) is 3. The van der Waals surface area contributed by atoms with E-state index in [1.54, 1.807) is 0 Å². The molecule has 1 N–H and O–H groups in total. The maximum Gasteiger partial charge on any atom is 0.387 e. The summed E-state index contributed by atoms with van der Waals surface area (Å²) in [4.78, 5) is 10.3. The largest absolute Gasteiger partial charge is 0.481 e. The molecular weight excluding hydrogens is 286 g/mol. The van der Waals surface area contributed by atoms with Crippen LogP contribution in [0, 0.1) is 0 Å². The summed E-state index contributed by atoms with van der Waals surface area (Å²) in [7, 11) is 0. The molecule has 0 spiro atoms. The van der Waals surface area contributed by atoms with Crippen LogP contribution in [-0.4, -0.2) is 23.4 Å². The first-order valence-electron chi connectivity index (χ1n) is 5.02. The monoisotopic (exact) mass is 296 g/mol. The Morgan fingerprint density at radius 2 is 2.22 bits per heavy atom. The number of hydrogen-bond donors (Lipinski definition) is 1. The van der Waals surface area contributed by atoms with Crippen molar-refractivity contribution >= 4 is 29.3 Å². The second-order valence-electron chi connectivity index (χ2n) is 3.33. The van der Waals surface area contributed by atoms with Gasteiger partial charge in [0.05, 0.1) is 6.42 Å². The van der Waals surface area contributed by atoms with Gasteiger partial charge in [-0.25, -0.2) is 0 Å². The highest BCUT2D eigenvalue weighted by Gasteiger charge is 2.10. The molecule has 1 aromatic rings. The molecule has 7 heteroatoms. The van der Waals surface area contributed by atoms with Crippen LogP contribution in [0.25, 0.3) is 0 Å². The number of benzene rings is 1. The lowest BCUT2D eigenvalue weighted by atomic mass is 10.2. The van der Waals surface area contributed by atoms with Gasteiger partial charge in [0.2, 0.25) is 0 Å². The third kappa shape index (κ3) is 5.55. The second-order valence-corrected chi connectivity index (χ2v) is 4.87. The molecule has 1 rings (SSSR count).